The van der Waals surface area contributed by atoms with E-state index in [9.17, 15) is 4.79 Å². The van der Waals surface area contributed by atoms with E-state index < -0.39 is 5.97 Å². The van der Waals surface area contributed by atoms with Crippen LogP contribution in [0.2, 0.25) is 0 Å². The van der Waals surface area contributed by atoms with Crippen molar-refractivity contribution in [2.24, 2.45) is 0 Å². The van der Waals surface area contributed by atoms with E-state index in [4.69, 9.17) is 9.47 Å². The summed E-state index contributed by atoms with van der Waals surface area (Å²) in [7, 11) is 1.36. The van der Waals surface area contributed by atoms with Gasteiger partial charge in [-0.1, -0.05) is 61.2 Å². The second kappa shape index (κ2) is 10.7. The lowest BCUT2D eigenvalue weighted by Crippen LogP contribution is -1.98. The zero-order chi connectivity index (χ0) is 21.2. The molecular weight excluding hydrogens is 376 g/mol. The van der Waals surface area contributed by atoms with Crippen LogP contribution in [-0.2, 0) is 16.1 Å². The number of benzene rings is 3. The highest BCUT2D eigenvalue weighted by molar-refractivity contribution is 5.87. The summed E-state index contributed by atoms with van der Waals surface area (Å²) in [6.07, 6.45) is 4.83. The Morgan fingerprint density at radius 1 is 0.967 bits per heavy atom. The molecule has 0 amide bonds. The monoisotopic (exact) mass is 400 g/mol. The number of carbonyl (C=O) groups excluding carboxylic acids is 1. The van der Waals surface area contributed by atoms with Crippen molar-refractivity contribution in [1.82, 2.24) is 0 Å². The van der Waals surface area contributed by atoms with Crippen molar-refractivity contribution in [2.75, 3.05) is 13.7 Å². The van der Waals surface area contributed by atoms with Crippen molar-refractivity contribution in [3.8, 4) is 22.6 Å². The lowest BCUT2D eigenvalue weighted by molar-refractivity contribution is -0.134. The molecule has 0 aliphatic heterocycles. The van der Waals surface area contributed by atoms with Crippen LogP contribution >= 0.6 is 0 Å². The first kappa shape index (κ1) is 20.9. The van der Waals surface area contributed by atoms with Gasteiger partial charge in [-0.15, -0.1) is 0 Å². The molecule has 0 bridgehead atoms. The first-order valence-electron chi connectivity index (χ1n) is 9.60. The minimum absolute atomic E-state index is 0.398. The Hall–Kier alpha value is -3.79. The molecule has 30 heavy (non-hydrogen) atoms. The molecule has 0 heterocycles. The summed E-state index contributed by atoms with van der Waals surface area (Å²) in [6, 6.07) is 23.6. The fourth-order valence-corrected chi connectivity index (χ4v) is 2.86. The third-order valence-corrected chi connectivity index (χ3v) is 4.39. The van der Waals surface area contributed by atoms with Crippen LogP contribution in [0.1, 0.15) is 11.1 Å². The molecule has 0 aromatic heterocycles. The van der Waals surface area contributed by atoms with Crippen LogP contribution in [0.4, 0.5) is 0 Å². The smallest absolute Gasteiger partial charge is 0.330 e. The average molecular weight is 400 g/mol. The number of hydrogen-bond acceptors (Lipinski definition) is 4. The molecule has 0 unspecified atom stereocenters. The zero-order valence-corrected chi connectivity index (χ0v) is 16.9. The molecule has 0 saturated carbocycles. The highest BCUT2D eigenvalue weighted by Crippen LogP contribution is 2.33. The van der Waals surface area contributed by atoms with Crippen molar-refractivity contribution >= 4 is 12.0 Å². The van der Waals surface area contributed by atoms with Gasteiger partial charge in [0.25, 0.3) is 0 Å². The van der Waals surface area contributed by atoms with Gasteiger partial charge in [0.05, 0.1) is 7.11 Å². The van der Waals surface area contributed by atoms with E-state index >= 15 is 0 Å². The Labute approximate surface area is 177 Å². The Bertz CT molecular complexity index is 1000. The summed E-state index contributed by atoms with van der Waals surface area (Å²) in [4.78, 5) is 11.4. The number of esters is 1. The van der Waals surface area contributed by atoms with Crippen LogP contribution < -0.4 is 9.47 Å². The van der Waals surface area contributed by atoms with Crippen molar-refractivity contribution < 1.29 is 19.0 Å². The summed E-state index contributed by atoms with van der Waals surface area (Å²) in [5, 5.41) is 0. The molecule has 152 valence electrons. The van der Waals surface area contributed by atoms with Crippen LogP contribution in [0.3, 0.4) is 0 Å². The molecule has 0 aliphatic carbocycles. The molecule has 3 rings (SSSR count). The van der Waals surface area contributed by atoms with Crippen LogP contribution in [0.5, 0.6) is 11.5 Å². The number of hydrogen-bond donors (Lipinski definition) is 0. The van der Waals surface area contributed by atoms with Gasteiger partial charge < -0.3 is 14.2 Å². The Morgan fingerprint density at radius 2 is 1.73 bits per heavy atom. The molecule has 0 spiro atoms. The summed E-state index contributed by atoms with van der Waals surface area (Å²) in [5.41, 5.74) is 3.87. The average Bonchev–Trinajstić information content (AvgIpc) is 2.81. The second-order valence-corrected chi connectivity index (χ2v) is 6.51. The van der Waals surface area contributed by atoms with Crippen LogP contribution in [-0.4, -0.2) is 19.7 Å². The summed E-state index contributed by atoms with van der Waals surface area (Å²) >= 11 is 0. The van der Waals surface area contributed by atoms with E-state index in [1.54, 1.807) is 12.2 Å². The highest BCUT2D eigenvalue weighted by Gasteiger charge is 2.09. The third-order valence-electron chi connectivity index (χ3n) is 4.39. The van der Waals surface area contributed by atoms with E-state index in [-0.39, 0.29) is 0 Å². The SMILES string of the molecule is C=CCOc1ccc(-c2cc(/C=C/C(=O)OC)ccc2OCc2ccccc2)cc1. The van der Waals surface area contributed by atoms with Gasteiger partial charge in [-0.2, -0.15) is 0 Å². The van der Waals surface area contributed by atoms with Crippen molar-refractivity contribution in [2.45, 2.75) is 6.61 Å². The Balaban J connectivity index is 1.89. The largest absolute Gasteiger partial charge is 0.490 e. The minimum Gasteiger partial charge on any atom is -0.490 e. The van der Waals surface area contributed by atoms with E-state index in [1.165, 1.54) is 13.2 Å². The third kappa shape index (κ3) is 5.85. The van der Waals surface area contributed by atoms with Crippen LogP contribution in [0.25, 0.3) is 17.2 Å². The second-order valence-electron chi connectivity index (χ2n) is 6.51. The Kier molecular flexibility index (Phi) is 7.45. The van der Waals surface area contributed by atoms with Gasteiger partial charge in [-0.05, 0) is 47.0 Å². The zero-order valence-electron chi connectivity index (χ0n) is 16.9. The van der Waals surface area contributed by atoms with Crippen molar-refractivity contribution in [3.63, 3.8) is 0 Å². The molecule has 0 fully saturated rings. The molecular formula is C26H24O4. The minimum atomic E-state index is -0.398. The summed E-state index contributed by atoms with van der Waals surface area (Å²) in [5.74, 6) is 1.13. The number of carbonyl (C=O) groups is 1. The van der Waals surface area contributed by atoms with Gasteiger partial charge >= 0.3 is 5.97 Å². The number of ether oxygens (including phenoxy) is 3. The summed E-state index contributed by atoms with van der Waals surface area (Å²) < 4.78 is 16.4. The quantitative estimate of drug-likeness (QED) is 0.263. The molecule has 4 heteroatoms. The molecule has 3 aromatic carbocycles. The first-order valence-corrected chi connectivity index (χ1v) is 9.60. The van der Waals surface area contributed by atoms with Gasteiger partial charge in [0.2, 0.25) is 0 Å². The maximum Gasteiger partial charge on any atom is 0.330 e. The maximum atomic E-state index is 11.4. The van der Waals surface area contributed by atoms with Gasteiger partial charge in [0.15, 0.2) is 0 Å². The molecule has 0 saturated heterocycles. The predicted octanol–water partition coefficient (Wildman–Crippen LogP) is 5.68. The number of rotatable bonds is 9. The van der Waals surface area contributed by atoms with E-state index in [2.05, 4.69) is 11.3 Å². The van der Waals surface area contributed by atoms with E-state index in [0.29, 0.717) is 13.2 Å². The normalized spacial score (nSPS) is 10.6. The van der Waals surface area contributed by atoms with Gasteiger partial charge in [-0.3, -0.25) is 0 Å². The van der Waals surface area contributed by atoms with Gasteiger partial charge in [0.1, 0.15) is 24.7 Å². The predicted molar refractivity (Wildman–Crippen MR) is 119 cm³/mol. The topological polar surface area (TPSA) is 44.8 Å². The first-order chi connectivity index (χ1) is 14.7. The van der Waals surface area contributed by atoms with Crippen LogP contribution in [0.15, 0.2) is 91.5 Å². The molecule has 0 radical (unpaired) electrons. The van der Waals surface area contributed by atoms with Gasteiger partial charge in [0, 0.05) is 11.6 Å². The lowest BCUT2D eigenvalue weighted by atomic mass is 10.0. The number of methoxy groups -OCH3 is 1. The molecule has 0 aliphatic rings. The maximum absolute atomic E-state index is 11.4. The highest BCUT2D eigenvalue weighted by atomic mass is 16.5. The fourth-order valence-electron chi connectivity index (χ4n) is 2.86. The summed E-state index contributed by atoms with van der Waals surface area (Å²) in [6.45, 7) is 4.58. The van der Waals surface area contributed by atoms with Crippen molar-refractivity contribution in [3.05, 3.63) is 103 Å². The fraction of sp³-hybridized carbons (Fsp3) is 0.115. The lowest BCUT2D eigenvalue weighted by Gasteiger charge is -2.14. The van der Waals surface area contributed by atoms with Crippen LogP contribution in [0, 0.1) is 0 Å². The van der Waals surface area contributed by atoms with Crippen molar-refractivity contribution in [1.29, 1.82) is 0 Å². The molecule has 0 atom stereocenters. The van der Waals surface area contributed by atoms with E-state index in [0.717, 1.165) is 33.8 Å². The molecule has 0 N–H and O–H groups in total. The van der Waals surface area contributed by atoms with E-state index in [1.807, 2.05) is 72.8 Å². The Morgan fingerprint density at radius 3 is 2.43 bits per heavy atom. The van der Waals surface area contributed by atoms with Gasteiger partial charge in [-0.25, -0.2) is 4.79 Å². The standard InChI is InChI=1S/C26H24O4/c1-3-17-29-23-13-11-22(12-14-23)24-18-20(10-16-26(27)28-2)9-15-25(24)30-19-21-7-5-4-6-8-21/h3-16,18H,1,17,19H2,2H3/b16-10+. The molecule has 3 aromatic rings. The molecule has 4 nitrogen and oxygen atoms in total.